The van der Waals surface area contributed by atoms with Gasteiger partial charge in [0.05, 0.1) is 24.6 Å². The van der Waals surface area contributed by atoms with Gasteiger partial charge in [-0.15, -0.1) is 0 Å². The number of nitrogens with one attached hydrogen (secondary N) is 1. The van der Waals surface area contributed by atoms with Crippen LogP contribution in [0.1, 0.15) is 33.6 Å². The van der Waals surface area contributed by atoms with Crippen LogP contribution >= 0.6 is 0 Å². The predicted molar refractivity (Wildman–Crippen MR) is 88.0 cm³/mol. The van der Waals surface area contributed by atoms with Crippen LogP contribution in [0.4, 0.5) is 0 Å². The van der Waals surface area contributed by atoms with E-state index in [0.717, 1.165) is 46.7 Å². The number of hydrogen-bond donors (Lipinski definition) is 1. The molecule has 0 fully saturated rings. The fourth-order valence-electron chi connectivity index (χ4n) is 3.39. The Labute approximate surface area is 135 Å². The first-order valence-electron chi connectivity index (χ1n) is 7.87. The van der Waals surface area contributed by atoms with Gasteiger partial charge in [0.15, 0.2) is 0 Å². The van der Waals surface area contributed by atoms with Gasteiger partial charge in [0, 0.05) is 24.7 Å². The van der Waals surface area contributed by atoms with E-state index in [-0.39, 0.29) is 5.91 Å². The zero-order chi connectivity index (χ0) is 16.0. The molecule has 0 atom stereocenters. The number of amides is 1. The van der Waals surface area contributed by atoms with Crippen LogP contribution in [0.25, 0.3) is 16.8 Å². The molecule has 3 heterocycles. The van der Waals surface area contributed by atoms with Crippen molar-refractivity contribution in [3.63, 3.8) is 0 Å². The molecular formula is C18H19N3O2. The first-order chi connectivity index (χ1) is 11.1. The number of fused-ring (bicyclic) bond motifs is 1. The topological polar surface area (TPSA) is 56.1 Å². The van der Waals surface area contributed by atoms with Crippen molar-refractivity contribution in [2.45, 2.75) is 19.9 Å². The summed E-state index contributed by atoms with van der Waals surface area (Å²) in [7, 11) is 1.94. The summed E-state index contributed by atoms with van der Waals surface area (Å²) in [5.41, 5.74) is 7.32. The number of carbonyl (C=O) groups is 1. The predicted octanol–water partition coefficient (Wildman–Crippen LogP) is 2.44. The number of aryl methyl sites for hydroxylation is 2. The minimum absolute atomic E-state index is 0.00893. The maximum Gasteiger partial charge on any atom is 0.251 e. The smallest absolute Gasteiger partial charge is 0.251 e. The van der Waals surface area contributed by atoms with Crippen LogP contribution < -0.4 is 5.32 Å². The molecule has 5 nitrogen and oxygen atoms in total. The van der Waals surface area contributed by atoms with Gasteiger partial charge >= 0.3 is 0 Å². The highest BCUT2D eigenvalue weighted by Crippen LogP contribution is 2.34. The molecule has 2 aromatic rings. The van der Waals surface area contributed by atoms with E-state index in [1.807, 2.05) is 24.7 Å². The molecule has 0 bridgehead atoms. The number of carbonyl (C=O) groups excluding carboxylic acids is 1. The van der Waals surface area contributed by atoms with Crippen molar-refractivity contribution in [3.05, 3.63) is 46.7 Å². The summed E-state index contributed by atoms with van der Waals surface area (Å²) in [4.78, 5) is 12.2. The number of nitrogens with zero attached hydrogens (tertiary/aromatic N) is 2. The Hall–Kier alpha value is -2.40. The van der Waals surface area contributed by atoms with Crippen LogP contribution in [0.3, 0.4) is 0 Å². The molecule has 23 heavy (non-hydrogen) atoms. The van der Waals surface area contributed by atoms with Crippen molar-refractivity contribution >= 4 is 11.5 Å². The maximum atomic E-state index is 12.2. The maximum absolute atomic E-state index is 12.2. The van der Waals surface area contributed by atoms with Gasteiger partial charge < -0.3 is 10.1 Å². The highest BCUT2D eigenvalue weighted by Gasteiger charge is 2.25. The van der Waals surface area contributed by atoms with Gasteiger partial charge in [-0.05, 0) is 48.2 Å². The number of benzene rings is 1. The molecule has 0 aliphatic carbocycles. The lowest BCUT2D eigenvalue weighted by molar-refractivity contribution is 0.0965. The minimum atomic E-state index is 0.00893. The Morgan fingerprint density at radius 3 is 2.78 bits per heavy atom. The van der Waals surface area contributed by atoms with Gasteiger partial charge in [-0.3, -0.25) is 9.48 Å². The van der Waals surface area contributed by atoms with Crippen LogP contribution in [-0.4, -0.2) is 28.9 Å². The fourth-order valence-corrected chi connectivity index (χ4v) is 3.39. The fraction of sp³-hybridized carbons (Fsp3) is 0.333. The summed E-state index contributed by atoms with van der Waals surface area (Å²) in [6.07, 6.45) is 2.99. The molecule has 4 rings (SSSR count). The largest absolute Gasteiger partial charge is 0.377 e. The van der Waals surface area contributed by atoms with Crippen LogP contribution in [0.2, 0.25) is 0 Å². The van der Waals surface area contributed by atoms with Crippen LogP contribution in [0.5, 0.6) is 0 Å². The van der Waals surface area contributed by atoms with Crippen molar-refractivity contribution in [2.24, 2.45) is 7.05 Å². The zero-order valence-electron chi connectivity index (χ0n) is 13.3. The highest BCUT2D eigenvalue weighted by molar-refractivity contribution is 6.01. The van der Waals surface area contributed by atoms with Crippen molar-refractivity contribution in [3.8, 4) is 11.3 Å². The summed E-state index contributed by atoms with van der Waals surface area (Å²) >= 11 is 0. The number of rotatable bonds is 2. The van der Waals surface area contributed by atoms with Crippen molar-refractivity contribution in [1.29, 1.82) is 0 Å². The van der Waals surface area contributed by atoms with E-state index in [4.69, 9.17) is 4.74 Å². The molecule has 0 unspecified atom stereocenters. The first kappa shape index (κ1) is 14.2. The molecule has 1 aromatic heterocycles. The Morgan fingerprint density at radius 1 is 1.26 bits per heavy atom. The molecule has 1 amide bonds. The quantitative estimate of drug-likeness (QED) is 0.927. The van der Waals surface area contributed by atoms with Gasteiger partial charge in [0.2, 0.25) is 0 Å². The summed E-state index contributed by atoms with van der Waals surface area (Å²) in [5, 5.41) is 7.39. The van der Waals surface area contributed by atoms with Gasteiger partial charge in [-0.1, -0.05) is 6.08 Å². The molecule has 1 N–H and O–H groups in total. The number of hydrogen-bond acceptors (Lipinski definition) is 3. The van der Waals surface area contributed by atoms with Gasteiger partial charge in [-0.2, -0.15) is 5.10 Å². The van der Waals surface area contributed by atoms with E-state index in [2.05, 4.69) is 28.6 Å². The normalized spacial score (nSPS) is 17.0. The molecule has 2 aliphatic rings. The van der Waals surface area contributed by atoms with E-state index >= 15 is 0 Å². The van der Waals surface area contributed by atoms with E-state index < -0.39 is 0 Å². The number of ether oxygens (including phenoxy) is 1. The van der Waals surface area contributed by atoms with E-state index in [0.29, 0.717) is 13.2 Å². The molecule has 2 aliphatic heterocycles. The van der Waals surface area contributed by atoms with Gasteiger partial charge in [0.1, 0.15) is 0 Å². The lowest BCUT2D eigenvalue weighted by Gasteiger charge is -2.16. The standard InChI is InChI=1S/C18H19N3O2/c1-11-7-17(21(2)20-11)14-8-13(12-3-5-23-6-4-12)9-15-16(14)10-19-18(15)22/h3,7-9H,4-6,10H2,1-2H3,(H,19,22). The van der Waals surface area contributed by atoms with Crippen LogP contribution in [0, 0.1) is 6.92 Å². The molecular weight excluding hydrogens is 290 g/mol. The van der Waals surface area contributed by atoms with E-state index in [1.54, 1.807) is 0 Å². The average molecular weight is 309 g/mol. The molecule has 118 valence electrons. The Kier molecular flexibility index (Phi) is 3.31. The van der Waals surface area contributed by atoms with Crippen LogP contribution in [0.15, 0.2) is 24.3 Å². The Balaban J connectivity index is 1.92. The van der Waals surface area contributed by atoms with E-state index in [9.17, 15) is 4.79 Å². The van der Waals surface area contributed by atoms with Crippen molar-refractivity contribution in [2.75, 3.05) is 13.2 Å². The molecule has 0 saturated carbocycles. The summed E-state index contributed by atoms with van der Waals surface area (Å²) in [6.45, 7) is 3.93. The third kappa shape index (κ3) is 2.37. The molecule has 0 saturated heterocycles. The monoisotopic (exact) mass is 309 g/mol. The molecule has 0 radical (unpaired) electrons. The Bertz CT molecular complexity index is 833. The minimum Gasteiger partial charge on any atom is -0.377 e. The van der Waals surface area contributed by atoms with E-state index in [1.165, 1.54) is 5.57 Å². The SMILES string of the molecule is Cc1cc(-c2cc(C3=CCOCC3)cc3c2CNC3=O)n(C)n1. The number of aromatic nitrogens is 2. The lowest BCUT2D eigenvalue weighted by atomic mass is 9.92. The van der Waals surface area contributed by atoms with Crippen molar-refractivity contribution in [1.82, 2.24) is 15.1 Å². The second kappa shape index (κ2) is 5.35. The van der Waals surface area contributed by atoms with Gasteiger partial charge in [0.25, 0.3) is 5.91 Å². The lowest BCUT2D eigenvalue weighted by Crippen LogP contribution is -2.12. The summed E-state index contributed by atoms with van der Waals surface area (Å²) < 4.78 is 7.29. The first-order valence-corrected chi connectivity index (χ1v) is 7.87. The second-order valence-electron chi connectivity index (χ2n) is 6.08. The molecule has 0 spiro atoms. The Morgan fingerprint density at radius 2 is 2.09 bits per heavy atom. The molecule has 1 aromatic carbocycles. The third-order valence-corrected chi connectivity index (χ3v) is 4.53. The second-order valence-corrected chi connectivity index (χ2v) is 6.08. The third-order valence-electron chi connectivity index (χ3n) is 4.53. The van der Waals surface area contributed by atoms with Crippen molar-refractivity contribution < 1.29 is 9.53 Å². The van der Waals surface area contributed by atoms with Gasteiger partial charge in [-0.25, -0.2) is 0 Å². The summed E-state index contributed by atoms with van der Waals surface area (Å²) in [6, 6.07) is 6.27. The average Bonchev–Trinajstić information content (AvgIpc) is 3.10. The molecule has 5 heteroatoms. The zero-order valence-corrected chi connectivity index (χ0v) is 13.3. The highest BCUT2D eigenvalue weighted by atomic mass is 16.5. The van der Waals surface area contributed by atoms with Crippen LogP contribution in [-0.2, 0) is 18.3 Å². The summed E-state index contributed by atoms with van der Waals surface area (Å²) in [5.74, 6) is 0.00893.